The third kappa shape index (κ3) is 5.79. The predicted octanol–water partition coefficient (Wildman–Crippen LogP) is 4.64. The number of rotatable bonds is 9. The maximum Gasteiger partial charge on any atom is 0.175 e. The van der Waals surface area contributed by atoms with Gasteiger partial charge in [-0.15, -0.1) is 0 Å². The highest BCUT2D eigenvalue weighted by molar-refractivity contribution is 9.10. The first-order valence-electron chi connectivity index (χ1n) is 9.43. The number of hydrogen-bond donors (Lipinski definition) is 2. The molecule has 0 spiro atoms. The zero-order chi connectivity index (χ0) is 20.6. The highest BCUT2D eigenvalue weighted by Crippen LogP contribution is 2.37. The van der Waals surface area contributed by atoms with Gasteiger partial charge in [0.25, 0.3) is 0 Å². The minimum Gasteiger partial charge on any atom is -0.493 e. The Bertz CT molecular complexity index is 907. The molecule has 2 atom stereocenters. The Kier molecular flexibility index (Phi) is 7.63. The van der Waals surface area contributed by atoms with E-state index < -0.39 is 6.10 Å². The summed E-state index contributed by atoms with van der Waals surface area (Å²) in [6, 6.07) is 17.3. The molecule has 0 amide bonds. The van der Waals surface area contributed by atoms with Crippen LogP contribution < -0.4 is 14.8 Å². The molecule has 0 unspecified atom stereocenters. The first-order valence-corrected chi connectivity index (χ1v) is 10.2. The predicted molar refractivity (Wildman–Crippen MR) is 117 cm³/mol. The van der Waals surface area contributed by atoms with Crippen molar-refractivity contribution in [1.82, 2.24) is 10.3 Å². The number of ether oxygens (including phenoxy) is 2. The molecule has 1 aromatic heterocycles. The highest BCUT2D eigenvalue weighted by atomic mass is 79.9. The van der Waals surface area contributed by atoms with Crippen molar-refractivity contribution in [3.8, 4) is 11.5 Å². The summed E-state index contributed by atoms with van der Waals surface area (Å²) >= 11 is 3.59. The van der Waals surface area contributed by atoms with E-state index in [9.17, 15) is 5.11 Å². The molecule has 0 bridgehead atoms. The fourth-order valence-corrected chi connectivity index (χ4v) is 3.59. The fourth-order valence-electron chi connectivity index (χ4n) is 2.98. The number of aliphatic hydroxyl groups excluding tert-OH is 1. The molecule has 0 aliphatic carbocycles. The zero-order valence-electron chi connectivity index (χ0n) is 16.5. The van der Waals surface area contributed by atoms with Crippen molar-refractivity contribution < 1.29 is 14.6 Å². The second-order valence-corrected chi connectivity index (χ2v) is 7.64. The van der Waals surface area contributed by atoms with Gasteiger partial charge in [0, 0.05) is 30.5 Å². The molecule has 0 aliphatic rings. The first-order chi connectivity index (χ1) is 14.1. The molecule has 3 aromatic rings. The lowest BCUT2D eigenvalue weighted by Gasteiger charge is -2.21. The van der Waals surface area contributed by atoms with Gasteiger partial charge in [-0.2, -0.15) is 0 Å². The van der Waals surface area contributed by atoms with E-state index in [4.69, 9.17) is 9.47 Å². The lowest BCUT2D eigenvalue weighted by atomic mass is 10.0. The van der Waals surface area contributed by atoms with Gasteiger partial charge in [0.05, 0.1) is 17.7 Å². The van der Waals surface area contributed by atoms with Gasteiger partial charge in [0.2, 0.25) is 0 Å². The van der Waals surface area contributed by atoms with Crippen molar-refractivity contribution in [3.05, 3.63) is 88.2 Å². The van der Waals surface area contributed by atoms with Gasteiger partial charge < -0.3 is 19.9 Å². The second kappa shape index (κ2) is 10.4. The van der Waals surface area contributed by atoms with Gasteiger partial charge in [-0.1, -0.05) is 36.4 Å². The summed E-state index contributed by atoms with van der Waals surface area (Å²) in [7, 11) is 1.62. The Balaban J connectivity index is 1.65. The summed E-state index contributed by atoms with van der Waals surface area (Å²) in [6.45, 7) is 2.96. The average Bonchev–Trinajstić information content (AvgIpc) is 2.77. The van der Waals surface area contributed by atoms with Gasteiger partial charge in [-0.25, -0.2) is 0 Å². The Hall–Kier alpha value is -2.41. The fraction of sp³-hybridized carbons (Fsp3) is 0.261. The first kappa shape index (κ1) is 21.3. The number of benzene rings is 2. The van der Waals surface area contributed by atoms with E-state index in [1.807, 2.05) is 61.5 Å². The van der Waals surface area contributed by atoms with E-state index in [2.05, 4.69) is 26.2 Å². The maximum atomic E-state index is 10.5. The van der Waals surface area contributed by atoms with Crippen LogP contribution in [0.5, 0.6) is 11.5 Å². The molecule has 5 nitrogen and oxygen atoms in total. The number of nitrogens with one attached hydrogen (secondary N) is 1. The molecular weight excluding hydrogens is 432 g/mol. The third-order valence-electron chi connectivity index (χ3n) is 4.64. The van der Waals surface area contributed by atoms with Gasteiger partial charge in [0.15, 0.2) is 11.5 Å². The Morgan fingerprint density at radius 2 is 1.90 bits per heavy atom. The minimum absolute atomic E-state index is 0.108. The number of hydrogen-bond acceptors (Lipinski definition) is 5. The average molecular weight is 457 g/mol. The van der Waals surface area contributed by atoms with Crippen LogP contribution in [-0.2, 0) is 13.2 Å². The molecule has 3 rings (SSSR count). The molecule has 6 heteroatoms. The maximum absolute atomic E-state index is 10.5. The van der Waals surface area contributed by atoms with Crippen LogP contribution in [-0.4, -0.2) is 23.2 Å². The standard InChI is InChI=1S/C23H25BrN2O3/c1-16(22(27)19-8-4-3-5-9-19)26-14-18-11-20(24)23(21(12-18)28-2)29-15-17-7-6-10-25-13-17/h3-13,16,22,26-27H,14-15H2,1-2H3/t16-,22-/m1/s1. The highest BCUT2D eigenvalue weighted by Gasteiger charge is 2.17. The van der Waals surface area contributed by atoms with Crippen molar-refractivity contribution in [3.63, 3.8) is 0 Å². The normalized spacial score (nSPS) is 13.0. The van der Waals surface area contributed by atoms with Gasteiger partial charge in [0.1, 0.15) is 6.61 Å². The van der Waals surface area contributed by atoms with E-state index in [-0.39, 0.29) is 6.04 Å². The van der Waals surface area contributed by atoms with Crippen molar-refractivity contribution >= 4 is 15.9 Å². The second-order valence-electron chi connectivity index (χ2n) is 6.78. The van der Waals surface area contributed by atoms with Crippen LogP contribution in [0.15, 0.2) is 71.5 Å². The van der Waals surface area contributed by atoms with Crippen LogP contribution in [0.4, 0.5) is 0 Å². The van der Waals surface area contributed by atoms with Gasteiger partial charge in [-0.05, 0) is 52.2 Å². The Morgan fingerprint density at radius 3 is 2.59 bits per heavy atom. The summed E-state index contributed by atoms with van der Waals surface area (Å²) in [4.78, 5) is 4.10. The lowest BCUT2D eigenvalue weighted by molar-refractivity contribution is 0.135. The molecule has 0 aliphatic heterocycles. The molecule has 1 heterocycles. The summed E-state index contributed by atoms with van der Waals surface area (Å²) < 4.78 is 12.3. The zero-order valence-corrected chi connectivity index (χ0v) is 18.1. The van der Waals surface area contributed by atoms with Crippen molar-refractivity contribution in [1.29, 1.82) is 0 Å². The van der Waals surface area contributed by atoms with Crippen molar-refractivity contribution in [2.75, 3.05) is 7.11 Å². The number of aromatic nitrogens is 1. The molecule has 0 saturated carbocycles. The Labute approximate surface area is 179 Å². The molecule has 152 valence electrons. The lowest BCUT2D eigenvalue weighted by Crippen LogP contribution is -2.31. The molecule has 0 radical (unpaired) electrons. The van der Waals surface area contributed by atoms with Crippen LogP contribution >= 0.6 is 15.9 Å². The van der Waals surface area contributed by atoms with Crippen LogP contribution in [0, 0.1) is 0 Å². The summed E-state index contributed by atoms with van der Waals surface area (Å²) in [5.74, 6) is 1.30. The quantitative estimate of drug-likeness (QED) is 0.490. The van der Waals surface area contributed by atoms with E-state index in [1.165, 1.54) is 0 Å². The molecular formula is C23H25BrN2O3. The Morgan fingerprint density at radius 1 is 1.10 bits per heavy atom. The molecule has 0 fully saturated rings. The van der Waals surface area contributed by atoms with Crippen LogP contribution in [0.25, 0.3) is 0 Å². The van der Waals surface area contributed by atoms with Crippen LogP contribution in [0.1, 0.15) is 29.7 Å². The van der Waals surface area contributed by atoms with Crippen molar-refractivity contribution in [2.24, 2.45) is 0 Å². The molecule has 0 saturated heterocycles. The topological polar surface area (TPSA) is 63.6 Å². The van der Waals surface area contributed by atoms with Gasteiger partial charge >= 0.3 is 0 Å². The third-order valence-corrected chi connectivity index (χ3v) is 5.23. The monoisotopic (exact) mass is 456 g/mol. The number of halogens is 1. The molecule has 2 N–H and O–H groups in total. The number of nitrogens with zero attached hydrogens (tertiary/aromatic N) is 1. The van der Waals surface area contributed by atoms with E-state index in [0.29, 0.717) is 24.7 Å². The number of pyridine rings is 1. The minimum atomic E-state index is -0.580. The largest absolute Gasteiger partial charge is 0.493 e. The van der Waals surface area contributed by atoms with Gasteiger partial charge in [-0.3, -0.25) is 4.98 Å². The van der Waals surface area contributed by atoms with E-state index in [0.717, 1.165) is 21.2 Å². The number of aliphatic hydroxyl groups is 1. The smallest absolute Gasteiger partial charge is 0.175 e. The summed E-state index contributed by atoms with van der Waals surface area (Å²) in [5, 5.41) is 13.9. The molecule has 2 aromatic carbocycles. The molecule has 29 heavy (non-hydrogen) atoms. The van der Waals surface area contributed by atoms with Crippen LogP contribution in [0.2, 0.25) is 0 Å². The SMILES string of the molecule is COc1cc(CN[C@H](C)[C@@H](O)c2ccccc2)cc(Br)c1OCc1cccnc1. The van der Waals surface area contributed by atoms with Crippen molar-refractivity contribution in [2.45, 2.75) is 32.2 Å². The van der Waals surface area contributed by atoms with Crippen LogP contribution in [0.3, 0.4) is 0 Å². The van der Waals surface area contributed by atoms with E-state index >= 15 is 0 Å². The summed E-state index contributed by atoms with van der Waals surface area (Å²) in [6.07, 6.45) is 2.93. The number of methoxy groups -OCH3 is 1. The summed E-state index contributed by atoms with van der Waals surface area (Å²) in [5.41, 5.74) is 2.90. The van der Waals surface area contributed by atoms with E-state index in [1.54, 1.807) is 19.5 Å².